The van der Waals surface area contributed by atoms with E-state index >= 15 is 0 Å². The number of carbonyl (C=O) groups is 3. The Morgan fingerprint density at radius 3 is 2.19 bits per heavy atom. The minimum absolute atomic E-state index is 0.0579. The Morgan fingerprint density at radius 1 is 1.00 bits per heavy atom. The number of nitrogens with zero attached hydrogens (tertiary/aromatic N) is 2. The third-order valence-corrected chi connectivity index (χ3v) is 8.59. The van der Waals surface area contributed by atoms with E-state index in [-0.39, 0.29) is 28.0 Å². The zero-order chi connectivity index (χ0) is 25.9. The fourth-order valence-electron chi connectivity index (χ4n) is 7.43. The lowest BCUT2D eigenvalue weighted by Gasteiger charge is -2.57. The highest BCUT2D eigenvalue weighted by Gasteiger charge is 2.51. The number of anilines is 1. The molecule has 5 fully saturated rings. The maximum atomic E-state index is 13.3. The van der Waals surface area contributed by atoms with Gasteiger partial charge in [0, 0.05) is 6.07 Å². The Balaban J connectivity index is 1.29. The highest BCUT2D eigenvalue weighted by molar-refractivity contribution is 6.39. The van der Waals surface area contributed by atoms with Crippen LogP contribution in [-0.2, 0) is 15.0 Å². The van der Waals surface area contributed by atoms with Gasteiger partial charge in [0.1, 0.15) is 5.57 Å². The number of barbiturate groups is 1. The van der Waals surface area contributed by atoms with Crippen molar-refractivity contribution < 1.29 is 24.0 Å². The summed E-state index contributed by atoms with van der Waals surface area (Å²) in [6, 6.07) is 10.9. The molecule has 2 aromatic carbocycles. The zero-order valence-electron chi connectivity index (χ0n) is 20.4. The normalized spacial score (nSPS) is 29.5. The monoisotopic (exact) mass is 501 g/mol. The summed E-state index contributed by atoms with van der Waals surface area (Å²) in [5.74, 6) is 0.820. The third kappa shape index (κ3) is 3.89. The van der Waals surface area contributed by atoms with Crippen LogP contribution in [-0.4, -0.2) is 29.9 Å². The second kappa shape index (κ2) is 8.54. The number of amides is 4. The zero-order valence-corrected chi connectivity index (χ0v) is 20.4. The molecule has 2 aromatic rings. The van der Waals surface area contributed by atoms with Crippen LogP contribution in [0.3, 0.4) is 0 Å². The fourth-order valence-corrected chi connectivity index (χ4v) is 7.43. The lowest BCUT2D eigenvalue weighted by molar-refractivity contribution is -0.385. The largest absolute Gasteiger partial charge is 0.490 e. The summed E-state index contributed by atoms with van der Waals surface area (Å²) in [6.07, 6.45) is 8.90. The first-order valence-electron chi connectivity index (χ1n) is 12.6. The van der Waals surface area contributed by atoms with E-state index in [1.54, 1.807) is 12.1 Å². The molecule has 9 heteroatoms. The van der Waals surface area contributed by atoms with Gasteiger partial charge in [0.25, 0.3) is 11.8 Å². The van der Waals surface area contributed by atoms with Gasteiger partial charge in [-0.2, -0.15) is 0 Å². The van der Waals surface area contributed by atoms with Crippen molar-refractivity contribution in [3.63, 3.8) is 0 Å². The van der Waals surface area contributed by atoms with Crippen molar-refractivity contribution in [2.75, 3.05) is 12.0 Å². The Bertz CT molecular complexity index is 1330. The second-order valence-electron chi connectivity index (χ2n) is 10.9. The maximum Gasteiger partial charge on any atom is 0.335 e. The van der Waals surface area contributed by atoms with E-state index in [1.807, 2.05) is 12.1 Å². The van der Waals surface area contributed by atoms with Crippen LogP contribution in [0.2, 0.25) is 0 Å². The van der Waals surface area contributed by atoms with Crippen molar-refractivity contribution in [1.82, 2.24) is 5.32 Å². The van der Waals surface area contributed by atoms with Gasteiger partial charge in [0.05, 0.1) is 17.7 Å². The van der Waals surface area contributed by atoms with Gasteiger partial charge in [-0.25, -0.2) is 9.69 Å². The number of methoxy groups -OCH3 is 1. The summed E-state index contributed by atoms with van der Waals surface area (Å²) >= 11 is 0. The molecule has 0 unspecified atom stereocenters. The highest BCUT2D eigenvalue weighted by Crippen LogP contribution is 2.60. The van der Waals surface area contributed by atoms with Crippen LogP contribution in [0.25, 0.3) is 6.08 Å². The SMILES string of the molecule is COc1ccc(/C=C2\C(=O)NC(=O)N(c3ccc(C45CC6CC(CC(C6)C4)C5)cc3)C2=O)cc1[N+](=O)[O-]. The van der Waals surface area contributed by atoms with Gasteiger partial charge in [-0.15, -0.1) is 0 Å². The van der Waals surface area contributed by atoms with Crippen LogP contribution >= 0.6 is 0 Å². The molecule has 1 saturated heterocycles. The summed E-state index contributed by atoms with van der Waals surface area (Å²) in [5.41, 5.74) is 1.49. The molecule has 0 atom stereocenters. The number of rotatable bonds is 5. The Morgan fingerprint density at radius 2 is 1.62 bits per heavy atom. The lowest BCUT2D eigenvalue weighted by atomic mass is 9.48. The first kappa shape index (κ1) is 23.4. The van der Waals surface area contributed by atoms with Crippen molar-refractivity contribution in [2.45, 2.75) is 43.9 Å². The average Bonchev–Trinajstić information content (AvgIpc) is 2.86. The first-order valence-corrected chi connectivity index (χ1v) is 12.6. The highest BCUT2D eigenvalue weighted by atomic mass is 16.6. The molecular formula is C28H27N3O6. The first-order chi connectivity index (χ1) is 17.8. The van der Waals surface area contributed by atoms with E-state index in [2.05, 4.69) is 5.32 Å². The topological polar surface area (TPSA) is 119 Å². The molecule has 0 spiro atoms. The Kier molecular flexibility index (Phi) is 5.40. The minimum atomic E-state index is -0.852. The molecule has 190 valence electrons. The molecule has 1 N–H and O–H groups in total. The van der Waals surface area contributed by atoms with Crippen LogP contribution in [0.5, 0.6) is 5.75 Å². The van der Waals surface area contributed by atoms with Gasteiger partial charge in [-0.1, -0.05) is 18.2 Å². The number of nitrogens with one attached hydrogen (secondary N) is 1. The van der Waals surface area contributed by atoms with Crippen LogP contribution in [0, 0.1) is 27.9 Å². The molecule has 4 amide bonds. The number of benzene rings is 2. The number of nitro benzene ring substituents is 1. The predicted octanol–water partition coefficient (Wildman–Crippen LogP) is 4.74. The second-order valence-corrected chi connectivity index (χ2v) is 10.9. The number of hydrogen-bond acceptors (Lipinski definition) is 6. The molecule has 1 heterocycles. The number of imide groups is 2. The van der Waals surface area contributed by atoms with Crippen LogP contribution < -0.4 is 15.0 Å². The molecule has 5 aliphatic rings. The van der Waals surface area contributed by atoms with Gasteiger partial charge >= 0.3 is 11.7 Å². The van der Waals surface area contributed by atoms with E-state index < -0.39 is 22.8 Å². The molecule has 37 heavy (non-hydrogen) atoms. The minimum Gasteiger partial charge on any atom is -0.490 e. The van der Waals surface area contributed by atoms with Crippen molar-refractivity contribution in [2.24, 2.45) is 17.8 Å². The number of hydrogen-bond donors (Lipinski definition) is 1. The third-order valence-electron chi connectivity index (χ3n) is 8.59. The molecule has 7 rings (SSSR count). The molecular weight excluding hydrogens is 474 g/mol. The molecule has 4 bridgehead atoms. The quantitative estimate of drug-likeness (QED) is 0.274. The number of carbonyl (C=O) groups excluding carboxylic acids is 3. The summed E-state index contributed by atoms with van der Waals surface area (Å²) in [4.78, 5) is 50.3. The van der Waals surface area contributed by atoms with Crippen molar-refractivity contribution in [3.05, 3.63) is 69.3 Å². The van der Waals surface area contributed by atoms with Crippen molar-refractivity contribution in [3.8, 4) is 5.75 Å². The fraction of sp³-hybridized carbons (Fsp3) is 0.393. The molecule has 9 nitrogen and oxygen atoms in total. The van der Waals surface area contributed by atoms with E-state index in [9.17, 15) is 24.5 Å². The molecule has 0 radical (unpaired) electrons. The van der Waals surface area contributed by atoms with Gasteiger partial charge in [0.15, 0.2) is 5.75 Å². The van der Waals surface area contributed by atoms with E-state index in [4.69, 9.17) is 4.74 Å². The molecule has 0 aromatic heterocycles. The molecule has 4 aliphatic carbocycles. The van der Waals surface area contributed by atoms with Crippen LogP contribution in [0.1, 0.15) is 49.7 Å². The van der Waals surface area contributed by atoms with Crippen LogP contribution in [0.15, 0.2) is 48.0 Å². The lowest BCUT2D eigenvalue weighted by Crippen LogP contribution is -2.54. The number of ether oxygens (including phenoxy) is 1. The molecule has 4 saturated carbocycles. The molecule has 1 aliphatic heterocycles. The standard InChI is InChI=1S/C28H27N3O6/c1-37-24-7-2-16(12-23(24)31(35)36)11-22-25(32)29-27(34)30(26(22)33)21-5-3-20(4-6-21)28-13-17-8-18(14-28)10-19(9-17)15-28/h2-7,11-12,17-19H,8-10,13-15H2,1H3,(H,29,32,34)/b22-11+. The van der Waals surface area contributed by atoms with Gasteiger partial charge < -0.3 is 4.74 Å². The summed E-state index contributed by atoms with van der Waals surface area (Å²) in [7, 11) is 1.32. The Labute approximate surface area is 213 Å². The van der Waals surface area contributed by atoms with Gasteiger partial charge in [0.2, 0.25) is 0 Å². The number of nitro groups is 1. The van der Waals surface area contributed by atoms with Crippen molar-refractivity contribution >= 4 is 35.3 Å². The van der Waals surface area contributed by atoms with Gasteiger partial charge in [-0.3, -0.25) is 25.0 Å². The summed E-state index contributed by atoms with van der Waals surface area (Å²) in [6.45, 7) is 0. The van der Waals surface area contributed by atoms with E-state index in [1.165, 1.54) is 75.5 Å². The summed E-state index contributed by atoms with van der Waals surface area (Å²) < 4.78 is 5.01. The average molecular weight is 502 g/mol. The maximum absolute atomic E-state index is 13.3. The van der Waals surface area contributed by atoms with E-state index in [0.717, 1.165) is 22.7 Å². The van der Waals surface area contributed by atoms with Crippen LogP contribution in [0.4, 0.5) is 16.2 Å². The van der Waals surface area contributed by atoms with Crippen molar-refractivity contribution in [1.29, 1.82) is 0 Å². The smallest absolute Gasteiger partial charge is 0.335 e. The summed E-state index contributed by atoms with van der Waals surface area (Å²) in [5, 5.41) is 13.6. The predicted molar refractivity (Wildman–Crippen MR) is 135 cm³/mol. The van der Waals surface area contributed by atoms with Gasteiger partial charge in [-0.05, 0) is 97.1 Å². The Hall–Kier alpha value is -4.01. The van der Waals surface area contributed by atoms with E-state index in [0.29, 0.717) is 5.69 Å². The number of urea groups is 1.